The molecule has 7 heteroatoms. The fourth-order valence-electron chi connectivity index (χ4n) is 1.69. The SMILES string of the molecule is CCC(C)C(C)(O)CNC(=O)NCc1csc(N(C)C)n1. The predicted octanol–water partition coefficient (Wildman–Crippen LogP) is 1.81. The first-order valence-electron chi connectivity index (χ1n) is 7.12. The summed E-state index contributed by atoms with van der Waals surface area (Å²) in [5.41, 5.74) is -0.0716. The number of carbonyl (C=O) groups excluding carboxylic acids is 1. The first-order valence-corrected chi connectivity index (χ1v) is 8.00. The number of rotatable bonds is 7. The number of amides is 2. The molecule has 120 valence electrons. The van der Waals surface area contributed by atoms with Crippen LogP contribution >= 0.6 is 11.3 Å². The number of nitrogens with zero attached hydrogens (tertiary/aromatic N) is 2. The Morgan fingerprint density at radius 3 is 2.71 bits per heavy atom. The van der Waals surface area contributed by atoms with Gasteiger partial charge in [0.05, 0.1) is 17.8 Å². The van der Waals surface area contributed by atoms with Crippen LogP contribution in [0.1, 0.15) is 32.9 Å². The minimum absolute atomic E-state index is 0.124. The number of thiazole rings is 1. The van der Waals surface area contributed by atoms with Gasteiger partial charge in [0.1, 0.15) is 0 Å². The molecule has 0 aliphatic carbocycles. The van der Waals surface area contributed by atoms with Gasteiger partial charge in [0, 0.05) is 26.0 Å². The topological polar surface area (TPSA) is 77.5 Å². The zero-order valence-corrected chi connectivity index (χ0v) is 14.3. The van der Waals surface area contributed by atoms with E-state index in [1.54, 1.807) is 6.92 Å². The van der Waals surface area contributed by atoms with E-state index in [1.165, 1.54) is 11.3 Å². The van der Waals surface area contributed by atoms with Gasteiger partial charge in [-0.1, -0.05) is 20.3 Å². The molecule has 1 aromatic heterocycles. The van der Waals surface area contributed by atoms with Crippen LogP contribution in [-0.2, 0) is 6.54 Å². The molecule has 0 aliphatic heterocycles. The van der Waals surface area contributed by atoms with E-state index < -0.39 is 5.60 Å². The van der Waals surface area contributed by atoms with Crippen molar-refractivity contribution in [2.24, 2.45) is 5.92 Å². The van der Waals surface area contributed by atoms with Gasteiger partial charge in [0.2, 0.25) is 0 Å². The van der Waals surface area contributed by atoms with Gasteiger partial charge in [0.25, 0.3) is 0 Å². The van der Waals surface area contributed by atoms with Gasteiger partial charge < -0.3 is 20.6 Å². The van der Waals surface area contributed by atoms with Crippen LogP contribution in [0.15, 0.2) is 5.38 Å². The van der Waals surface area contributed by atoms with Crippen molar-refractivity contribution in [1.82, 2.24) is 15.6 Å². The summed E-state index contributed by atoms with van der Waals surface area (Å²) in [6, 6.07) is -0.294. The molecule has 0 bridgehead atoms. The average Bonchev–Trinajstić information content (AvgIpc) is 2.91. The Labute approximate surface area is 130 Å². The van der Waals surface area contributed by atoms with E-state index in [1.807, 2.05) is 38.2 Å². The van der Waals surface area contributed by atoms with E-state index in [9.17, 15) is 9.90 Å². The zero-order valence-electron chi connectivity index (χ0n) is 13.4. The molecule has 0 spiro atoms. The van der Waals surface area contributed by atoms with Crippen LogP contribution in [0.2, 0.25) is 0 Å². The van der Waals surface area contributed by atoms with Crippen molar-refractivity contribution < 1.29 is 9.90 Å². The lowest BCUT2D eigenvalue weighted by Crippen LogP contribution is -2.47. The number of hydrogen-bond donors (Lipinski definition) is 3. The van der Waals surface area contributed by atoms with Crippen LogP contribution < -0.4 is 15.5 Å². The normalized spacial score (nSPS) is 15.1. The summed E-state index contributed by atoms with van der Waals surface area (Å²) in [6.45, 7) is 6.34. The second-order valence-corrected chi connectivity index (χ2v) is 6.56. The van der Waals surface area contributed by atoms with Crippen molar-refractivity contribution in [2.45, 2.75) is 39.3 Å². The maximum absolute atomic E-state index is 11.7. The van der Waals surface area contributed by atoms with E-state index in [2.05, 4.69) is 15.6 Å². The lowest BCUT2D eigenvalue weighted by Gasteiger charge is -2.29. The van der Waals surface area contributed by atoms with Crippen molar-refractivity contribution in [3.05, 3.63) is 11.1 Å². The van der Waals surface area contributed by atoms with Gasteiger partial charge >= 0.3 is 6.03 Å². The molecule has 2 unspecified atom stereocenters. The summed E-state index contributed by atoms with van der Waals surface area (Å²) in [5.74, 6) is 0.124. The van der Waals surface area contributed by atoms with Crippen molar-refractivity contribution in [1.29, 1.82) is 0 Å². The summed E-state index contributed by atoms with van der Waals surface area (Å²) >= 11 is 1.54. The largest absolute Gasteiger partial charge is 0.388 e. The molecule has 21 heavy (non-hydrogen) atoms. The number of urea groups is 1. The summed E-state index contributed by atoms with van der Waals surface area (Å²) in [5, 5.41) is 18.5. The third-order valence-electron chi connectivity index (χ3n) is 3.63. The molecular weight excluding hydrogens is 288 g/mol. The Morgan fingerprint density at radius 2 is 2.19 bits per heavy atom. The monoisotopic (exact) mass is 314 g/mol. The van der Waals surface area contributed by atoms with E-state index >= 15 is 0 Å². The number of aliphatic hydroxyl groups is 1. The fraction of sp³-hybridized carbons (Fsp3) is 0.714. The van der Waals surface area contributed by atoms with Gasteiger partial charge in [-0.2, -0.15) is 0 Å². The van der Waals surface area contributed by atoms with Crippen LogP contribution in [0.4, 0.5) is 9.93 Å². The Hall–Kier alpha value is -1.34. The molecule has 0 saturated heterocycles. The second kappa shape index (κ2) is 7.61. The van der Waals surface area contributed by atoms with Crippen molar-refractivity contribution in [3.63, 3.8) is 0 Å². The molecule has 1 rings (SSSR count). The van der Waals surface area contributed by atoms with Crippen molar-refractivity contribution in [3.8, 4) is 0 Å². The Kier molecular flexibility index (Phi) is 6.42. The van der Waals surface area contributed by atoms with Gasteiger partial charge in [-0.25, -0.2) is 9.78 Å². The molecule has 1 heterocycles. The van der Waals surface area contributed by atoms with Crippen molar-refractivity contribution >= 4 is 22.5 Å². The first kappa shape index (κ1) is 17.7. The van der Waals surface area contributed by atoms with E-state index in [0.29, 0.717) is 6.54 Å². The first-order chi connectivity index (χ1) is 9.76. The van der Waals surface area contributed by atoms with Crippen LogP contribution in [0.25, 0.3) is 0 Å². The highest BCUT2D eigenvalue weighted by molar-refractivity contribution is 7.13. The highest BCUT2D eigenvalue weighted by Gasteiger charge is 2.27. The van der Waals surface area contributed by atoms with Gasteiger partial charge in [-0.3, -0.25) is 0 Å². The number of carbonyl (C=O) groups is 1. The number of hydrogen-bond acceptors (Lipinski definition) is 5. The minimum Gasteiger partial charge on any atom is -0.388 e. The molecule has 0 aromatic carbocycles. The highest BCUT2D eigenvalue weighted by Crippen LogP contribution is 2.19. The zero-order chi connectivity index (χ0) is 16.0. The molecule has 2 amide bonds. The Morgan fingerprint density at radius 1 is 1.52 bits per heavy atom. The third kappa shape index (κ3) is 5.51. The number of anilines is 1. The summed E-state index contributed by atoms with van der Waals surface area (Å²) in [6.07, 6.45) is 0.864. The smallest absolute Gasteiger partial charge is 0.315 e. The van der Waals surface area contributed by atoms with Gasteiger partial charge in [-0.05, 0) is 12.8 Å². The molecule has 0 aliphatic rings. The average molecular weight is 314 g/mol. The van der Waals surface area contributed by atoms with Crippen LogP contribution in [0, 0.1) is 5.92 Å². The molecule has 0 saturated carbocycles. The molecular formula is C14H26N4O2S. The molecule has 0 fully saturated rings. The van der Waals surface area contributed by atoms with Crippen LogP contribution in [0.5, 0.6) is 0 Å². The molecule has 0 radical (unpaired) electrons. The third-order valence-corrected chi connectivity index (χ3v) is 4.69. The Balaban J connectivity index is 2.37. The van der Waals surface area contributed by atoms with Gasteiger partial charge in [0.15, 0.2) is 5.13 Å². The maximum atomic E-state index is 11.7. The predicted molar refractivity (Wildman–Crippen MR) is 86.8 cm³/mol. The molecule has 6 nitrogen and oxygen atoms in total. The number of aromatic nitrogens is 1. The maximum Gasteiger partial charge on any atom is 0.315 e. The minimum atomic E-state index is -0.898. The Bertz CT molecular complexity index is 460. The lowest BCUT2D eigenvalue weighted by molar-refractivity contribution is 0.00790. The van der Waals surface area contributed by atoms with E-state index in [0.717, 1.165) is 17.2 Å². The summed E-state index contributed by atoms with van der Waals surface area (Å²) < 4.78 is 0. The van der Waals surface area contributed by atoms with Crippen molar-refractivity contribution in [2.75, 3.05) is 25.5 Å². The van der Waals surface area contributed by atoms with Gasteiger partial charge in [-0.15, -0.1) is 11.3 Å². The highest BCUT2D eigenvalue weighted by atomic mass is 32.1. The van der Waals surface area contributed by atoms with E-state index in [-0.39, 0.29) is 18.5 Å². The number of nitrogens with one attached hydrogen (secondary N) is 2. The standard InChI is InChI=1S/C14H26N4O2S/c1-6-10(2)14(3,20)9-16-12(19)15-7-11-8-21-13(17-11)18(4)5/h8,10,20H,6-7,9H2,1-5H3,(H2,15,16,19). The van der Waals surface area contributed by atoms with E-state index in [4.69, 9.17) is 0 Å². The molecule has 2 atom stereocenters. The lowest BCUT2D eigenvalue weighted by atomic mass is 9.89. The van der Waals surface area contributed by atoms with Crippen LogP contribution in [0.3, 0.4) is 0 Å². The summed E-state index contributed by atoms with van der Waals surface area (Å²) in [4.78, 5) is 18.1. The molecule has 3 N–H and O–H groups in total. The second-order valence-electron chi connectivity index (χ2n) is 5.72. The summed E-state index contributed by atoms with van der Waals surface area (Å²) in [7, 11) is 3.86. The molecule has 1 aromatic rings. The fourth-order valence-corrected chi connectivity index (χ4v) is 2.45. The van der Waals surface area contributed by atoms with Crippen LogP contribution in [-0.4, -0.2) is 42.4 Å². The quantitative estimate of drug-likeness (QED) is 0.717.